The Bertz CT molecular complexity index is 457. The van der Waals surface area contributed by atoms with Gasteiger partial charge in [0.25, 0.3) is 0 Å². The maximum Gasteiger partial charge on any atom is 0.0459 e. The van der Waals surface area contributed by atoms with Crippen LogP contribution in [0.5, 0.6) is 0 Å². The summed E-state index contributed by atoms with van der Waals surface area (Å²) in [4.78, 5) is 5.55. The van der Waals surface area contributed by atoms with E-state index in [4.69, 9.17) is 5.73 Å². The Morgan fingerprint density at radius 2 is 2.07 bits per heavy atom. The Morgan fingerprint density at radius 3 is 2.73 bits per heavy atom. The van der Waals surface area contributed by atoms with Gasteiger partial charge in [-0.3, -0.25) is 0 Å². The van der Waals surface area contributed by atoms with Gasteiger partial charge in [0.05, 0.1) is 0 Å². The molecule has 3 heteroatoms. The summed E-state index contributed by atoms with van der Waals surface area (Å²) < 4.78 is 0. The first-order valence-electron chi connectivity index (χ1n) is 5.14. The molecular weight excluding hydrogens is 186 g/mol. The van der Waals surface area contributed by atoms with Crippen LogP contribution in [-0.4, -0.2) is 24.0 Å². The first-order valence-corrected chi connectivity index (χ1v) is 5.14. The normalized spacial score (nSPS) is 11.5. The first kappa shape index (κ1) is 10.2. The first-order chi connectivity index (χ1) is 7.19. The summed E-state index contributed by atoms with van der Waals surface area (Å²) >= 11 is 0. The van der Waals surface area contributed by atoms with E-state index in [1.807, 2.05) is 0 Å². The van der Waals surface area contributed by atoms with Crippen molar-refractivity contribution >= 4 is 10.9 Å². The van der Waals surface area contributed by atoms with Crippen LogP contribution >= 0.6 is 0 Å². The Labute approximate surface area is 89.9 Å². The van der Waals surface area contributed by atoms with Crippen molar-refractivity contribution in [3.8, 4) is 0 Å². The van der Waals surface area contributed by atoms with Gasteiger partial charge >= 0.3 is 0 Å². The predicted octanol–water partition coefficient (Wildman–Crippen LogP) is 1.69. The molecule has 0 saturated heterocycles. The van der Waals surface area contributed by atoms with Gasteiger partial charge in [-0.15, -0.1) is 0 Å². The van der Waals surface area contributed by atoms with Crippen LogP contribution in [-0.2, 0) is 13.1 Å². The molecule has 0 aliphatic carbocycles. The summed E-state index contributed by atoms with van der Waals surface area (Å²) in [5.41, 5.74) is 9.19. The van der Waals surface area contributed by atoms with Crippen molar-refractivity contribution in [2.24, 2.45) is 5.73 Å². The van der Waals surface area contributed by atoms with E-state index < -0.39 is 0 Å². The number of aromatic nitrogens is 1. The second kappa shape index (κ2) is 4.04. The molecule has 80 valence electrons. The van der Waals surface area contributed by atoms with Crippen LogP contribution < -0.4 is 5.73 Å². The molecule has 0 amide bonds. The number of aromatic amines is 1. The molecule has 0 fully saturated rings. The summed E-state index contributed by atoms with van der Waals surface area (Å²) in [7, 11) is 4.13. The van der Waals surface area contributed by atoms with Gasteiger partial charge < -0.3 is 15.6 Å². The SMILES string of the molecule is CN(C)Cc1cc2ccc(CN)cc2[nH]1. The molecule has 0 unspecified atom stereocenters. The Balaban J connectivity index is 2.37. The number of hydrogen-bond donors (Lipinski definition) is 2. The van der Waals surface area contributed by atoms with Gasteiger partial charge in [0.1, 0.15) is 0 Å². The summed E-state index contributed by atoms with van der Waals surface area (Å²) in [6, 6.07) is 8.51. The lowest BCUT2D eigenvalue weighted by molar-refractivity contribution is 0.398. The fourth-order valence-electron chi connectivity index (χ4n) is 1.79. The molecule has 0 aliphatic heterocycles. The zero-order valence-corrected chi connectivity index (χ0v) is 9.25. The zero-order chi connectivity index (χ0) is 10.8. The molecule has 1 heterocycles. The van der Waals surface area contributed by atoms with Gasteiger partial charge in [0.2, 0.25) is 0 Å². The Kier molecular flexibility index (Phi) is 2.75. The third-order valence-electron chi connectivity index (χ3n) is 2.46. The number of benzene rings is 1. The molecule has 1 aromatic heterocycles. The zero-order valence-electron chi connectivity index (χ0n) is 9.25. The van der Waals surface area contributed by atoms with E-state index in [1.54, 1.807) is 0 Å². The summed E-state index contributed by atoms with van der Waals surface area (Å²) in [5, 5.41) is 1.25. The molecule has 0 atom stereocenters. The fraction of sp³-hybridized carbons (Fsp3) is 0.333. The maximum atomic E-state index is 5.61. The lowest BCUT2D eigenvalue weighted by Gasteiger charge is -2.06. The molecule has 0 radical (unpaired) electrons. The highest BCUT2D eigenvalue weighted by Crippen LogP contribution is 2.17. The van der Waals surface area contributed by atoms with E-state index in [-0.39, 0.29) is 0 Å². The van der Waals surface area contributed by atoms with Crippen LogP contribution in [0.1, 0.15) is 11.3 Å². The molecular formula is C12H17N3. The lowest BCUT2D eigenvalue weighted by Crippen LogP contribution is -2.10. The van der Waals surface area contributed by atoms with E-state index in [0.29, 0.717) is 6.54 Å². The molecule has 1 aromatic carbocycles. The molecule has 3 N–H and O–H groups in total. The van der Waals surface area contributed by atoms with E-state index in [1.165, 1.54) is 22.2 Å². The van der Waals surface area contributed by atoms with Crippen LogP contribution in [0.3, 0.4) is 0 Å². The highest BCUT2D eigenvalue weighted by atomic mass is 15.1. The smallest absolute Gasteiger partial charge is 0.0459 e. The molecule has 15 heavy (non-hydrogen) atoms. The van der Waals surface area contributed by atoms with Crippen LogP contribution in [0.4, 0.5) is 0 Å². The van der Waals surface area contributed by atoms with Crippen molar-refractivity contribution in [2.45, 2.75) is 13.1 Å². The minimum absolute atomic E-state index is 0.595. The van der Waals surface area contributed by atoms with E-state index in [0.717, 1.165) is 6.54 Å². The molecule has 0 aliphatic rings. The standard InChI is InChI=1S/C12H17N3/c1-15(2)8-11-6-10-4-3-9(7-13)5-12(10)14-11/h3-6,14H,7-8,13H2,1-2H3. The molecule has 0 bridgehead atoms. The molecule has 2 aromatic rings. The molecule has 3 nitrogen and oxygen atoms in total. The van der Waals surface area contributed by atoms with Gasteiger partial charge in [-0.2, -0.15) is 0 Å². The van der Waals surface area contributed by atoms with Crippen molar-refractivity contribution in [1.29, 1.82) is 0 Å². The average Bonchev–Trinajstić information content (AvgIpc) is 2.57. The Hall–Kier alpha value is -1.32. The molecule has 2 rings (SSSR count). The van der Waals surface area contributed by atoms with Crippen LogP contribution in [0.2, 0.25) is 0 Å². The van der Waals surface area contributed by atoms with Crippen LogP contribution in [0.25, 0.3) is 10.9 Å². The molecule has 0 saturated carbocycles. The molecule has 0 spiro atoms. The minimum atomic E-state index is 0.595. The van der Waals surface area contributed by atoms with E-state index in [2.05, 4.69) is 48.2 Å². The highest BCUT2D eigenvalue weighted by molar-refractivity contribution is 5.81. The van der Waals surface area contributed by atoms with Crippen molar-refractivity contribution in [1.82, 2.24) is 9.88 Å². The van der Waals surface area contributed by atoms with Crippen LogP contribution in [0, 0.1) is 0 Å². The number of nitrogens with zero attached hydrogens (tertiary/aromatic N) is 1. The van der Waals surface area contributed by atoms with Crippen molar-refractivity contribution in [2.75, 3.05) is 14.1 Å². The predicted molar refractivity (Wildman–Crippen MR) is 63.6 cm³/mol. The average molecular weight is 203 g/mol. The van der Waals surface area contributed by atoms with Crippen molar-refractivity contribution in [3.63, 3.8) is 0 Å². The third-order valence-corrected chi connectivity index (χ3v) is 2.46. The van der Waals surface area contributed by atoms with Gasteiger partial charge in [-0.25, -0.2) is 0 Å². The maximum absolute atomic E-state index is 5.61. The third kappa shape index (κ3) is 2.19. The summed E-state index contributed by atoms with van der Waals surface area (Å²) in [5.74, 6) is 0. The van der Waals surface area contributed by atoms with Gasteiger partial charge in [0.15, 0.2) is 0 Å². The van der Waals surface area contributed by atoms with Gasteiger partial charge in [-0.05, 0) is 37.2 Å². The lowest BCUT2D eigenvalue weighted by atomic mass is 10.1. The second-order valence-corrected chi connectivity index (χ2v) is 4.16. The second-order valence-electron chi connectivity index (χ2n) is 4.16. The minimum Gasteiger partial charge on any atom is -0.357 e. The van der Waals surface area contributed by atoms with Crippen molar-refractivity contribution < 1.29 is 0 Å². The topological polar surface area (TPSA) is 45.0 Å². The van der Waals surface area contributed by atoms with Crippen molar-refractivity contribution in [3.05, 3.63) is 35.5 Å². The highest BCUT2D eigenvalue weighted by Gasteiger charge is 2.02. The van der Waals surface area contributed by atoms with E-state index in [9.17, 15) is 0 Å². The summed E-state index contributed by atoms with van der Waals surface area (Å²) in [6.45, 7) is 1.53. The number of hydrogen-bond acceptors (Lipinski definition) is 2. The van der Waals surface area contributed by atoms with Gasteiger partial charge in [0, 0.05) is 24.3 Å². The number of rotatable bonds is 3. The number of H-pyrrole nitrogens is 1. The quantitative estimate of drug-likeness (QED) is 0.797. The van der Waals surface area contributed by atoms with E-state index >= 15 is 0 Å². The van der Waals surface area contributed by atoms with Crippen LogP contribution in [0.15, 0.2) is 24.3 Å². The number of nitrogens with two attached hydrogens (primary N) is 1. The number of fused-ring (bicyclic) bond motifs is 1. The monoisotopic (exact) mass is 203 g/mol. The fourth-order valence-corrected chi connectivity index (χ4v) is 1.79. The number of nitrogens with one attached hydrogen (secondary N) is 1. The Morgan fingerprint density at radius 1 is 1.27 bits per heavy atom. The van der Waals surface area contributed by atoms with Gasteiger partial charge in [-0.1, -0.05) is 12.1 Å². The summed E-state index contributed by atoms with van der Waals surface area (Å²) in [6.07, 6.45) is 0. The largest absolute Gasteiger partial charge is 0.357 e.